The summed E-state index contributed by atoms with van der Waals surface area (Å²) in [6.45, 7) is 9.26. The van der Waals surface area contributed by atoms with Gasteiger partial charge in [0.1, 0.15) is 23.7 Å². The first-order chi connectivity index (χ1) is 14.7. The van der Waals surface area contributed by atoms with Crippen LogP contribution in [0.4, 0.5) is 4.79 Å². The molecule has 0 bridgehead atoms. The molecule has 4 atom stereocenters. The topological polar surface area (TPSA) is 131 Å². The molecule has 1 aliphatic rings. The minimum absolute atomic E-state index is 0.0671. The number of ether oxygens (including phenoxy) is 2. The first-order valence-electron chi connectivity index (χ1n) is 10.7. The van der Waals surface area contributed by atoms with E-state index < -0.39 is 58.4 Å². The Bertz CT molecular complexity index is 721. The van der Waals surface area contributed by atoms with E-state index in [-0.39, 0.29) is 11.7 Å². The Hall–Kier alpha value is -2.17. The lowest BCUT2D eigenvalue weighted by molar-refractivity contribution is -0.151. The van der Waals surface area contributed by atoms with Crippen LogP contribution in [-0.2, 0) is 34.7 Å². The Balaban J connectivity index is 3.01. The van der Waals surface area contributed by atoms with Crippen molar-refractivity contribution in [2.45, 2.75) is 77.6 Å². The fourth-order valence-electron chi connectivity index (χ4n) is 3.45. The van der Waals surface area contributed by atoms with Crippen LogP contribution in [0.25, 0.3) is 0 Å². The van der Waals surface area contributed by atoms with Crippen LogP contribution in [-0.4, -0.2) is 82.4 Å². The number of alkyl carbamates (subject to hydrolysis) is 1. The molecule has 0 saturated carbocycles. The Labute approximate surface area is 192 Å². The molecular formula is C21H37N3O7S. The molecule has 0 spiro atoms. The molecule has 0 aromatic heterocycles. The largest absolute Gasteiger partial charge is 0.467 e. The minimum atomic E-state index is -1.40. The second-order valence-electron chi connectivity index (χ2n) is 9.34. The van der Waals surface area contributed by atoms with E-state index in [2.05, 4.69) is 10.6 Å². The fourth-order valence-corrected chi connectivity index (χ4v) is 4.14. The number of hydrogen-bond donors (Lipinski definition) is 2. The molecule has 0 aromatic carbocycles. The van der Waals surface area contributed by atoms with E-state index in [0.717, 1.165) is 0 Å². The maximum atomic E-state index is 13.2. The van der Waals surface area contributed by atoms with Gasteiger partial charge in [-0.15, -0.1) is 0 Å². The van der Waals surface area contributed by atoms with Crippen LogP contribution in [0.15, 0.2) is 0 Å². The van der Waals surface area contributed by atoms with Crippen LogP contribution in [0.1, 0.15) is 53.9 Å². The highest BCUT2D eigenvalue weighted by atomic mass is 32.2. The number of amides is 3. The molecular weight excluding hydrogens is 438 g/mol. The maximum absolute atomic E-state index is 13.2. The minimum Gasteiger partial charge on any atom is -0.467 e. The van der Waals surface area contributed by atoms with Crippen molar-refractivity contribution in [3.63, 3.8) is 0 Å². The third-order valence-electron chi connectivity index (χ3n) is 4.74. The number of hydrogen-bond acceptors (Lipinski definition) is 7. The number of carbonyl (C=O) groups is 4. The lowest BCUT2D eigenvalue weighted by atomic mass is 10.0. The van der Waals surface area contributed by atoms with Crippen LogP contribution in [0.2, 0.25) is 0 Å². The van der Waals surface area contributed by atoms with Gasteiger partial charge in [0.05, 0.1) is 12.9 Å². The van der Waals surface area contributed by atoms with Crippen LogP contribution in [0.3, 0.4) is 0 Å². The van der Waals surface area contributed by atoms with E-state index in [4.69, 9.17) is 9.47 Å². The molecule has 0 aromatic rings. The van der Waals surface area contributed by atoms with Crippen molar-refractivity contribution in [2.75, 3.05) is 25.7 Å². The van der Waals surface area contributed by atoms with Crippen LogP contribution in [0, 0.1) is 5.92 Å². The third-order valence-corrected chi connectivity index (χ3v) is 5.54. The van der Waals surface area contributed by atoms with Gasteiger partial charge in [0.25, 0.3) is 0 Å². The van der Waals surface area contributed by atoms with Gasteiger partial charge in [-0.05, 0) is 46.0 Å². The summed E-state index contributed by atoms with van der Waals surface area (Å²) in [5.74, 6) is -1.65. The summed E-state index contributed by atoms with van der Waals surface area (Å²) >= 11 is 0. The Morgan fingerprint density at radius 3 is 2.25 bits per heavy atom. The van der Waals surface area contributed by atoms with Gasteiger partial charge in [0.15, 0.2) is 0 Å². The van der Waals surface area contributed by atoms with E-state index in [0.29, 0.717) is 25.8 Å². The zero-order chi connectivity index (χ0) is 24.6. The molecule has 184 valence electrons. The summed E-state index contributed by atoms with van der Waals surface area (Å²) in [6, 6.07) is -2.78. The average molecular weight is 476 g/mol. The Kier molecular flexibility index (Phi) is 10.6. The van der Waals surface area contributed by atoms with Crippen molar-refractivity contribution < 1.29 is 32.9 Å². The summed E-state index contributed by atoms with van der Waals surface area (Å²) < 4.78 is 21.9. The molecule has 10 nitrogen and oxygen atoms in total. The van der Waals surface area contributed by atoms with Crippen molar-refractivity contribution in [1.82, 2.24) is 15.5 Å². The fraction of sp³-hybridized carbons (Fsp3) is 0.810. The molecule has 0 radical (unpaired) electrons. The van der Waals surface area contributed by atoms with Gasteiger partial charge in [-0.2, -0.15) is 0 Å². The summed E-state index contributed by atoms with van der Waals surface area (Å²) in [4.78, 5) is 51.8. The molecule has 2 N–H and O–H groups in total. The van der Waals surface area contributed by atoms with Gasteiger partial charge in [-0.25, -0.2) is 9.59 Å². The highest BCUT2D eigenvalue weighted by Gasteiger charge is 2.39. The summed E-state index contributed by atoms with van der Waals surface area (Å²) in [6.07, 6.45) is 2.08. The third kappa shape index (κ3) is 9.13. The number of likely N-dealkylation sites (tertiary alicyclic amines) is 1. The SMILES string of the molecule is COC(=O)[C@@H]1CCCN1C(=O)[C@H](CS(C)=O)NC(=O)[C@H](CC(C)C)NC(=O)OC(C)(C)C. The Morgan fingerprint density at radius 2 is 1.75 bits per heavy atom. The van der Waals surface area contributed by atoms with E-state index in [1.54, 1.807) is 20.8 Å². The molecule has 1 heterocycles. The average Bonchev–Trinajstić information content (AvgIpc) is 3.13. The summed E-state index contributed by atoms with van der Waals surface area (Å²) in [5, 5.41) is 5.19. The number of nitrogens with one attached hydrogen (secondary N) is 2. The molecule has 1 fully saturated rings. The standard InChI is InChI=1S/C21H37N3O7S/c1-13(2)11-14(23-20(28)31-21(3,4)5)17(25)22-15(12-32(7)29)18(26)24-10-8-9-16(24)19(27)30-6/h13-16H,8-12H2,1-7H3,(H,22,25)(H,23,28)/t14-,15-,16-,32?/m0/s1. The smallest absolute Gasteiger partial charge is 0.408 e. The van der Waals surface area contributed by atoms with Gasteiger partial charge >= 0.3 is 12.1 Å². The molecule has 1 aliphatic heterocycles. The van der Waals surface area contributed by atoms with Crippen molar-refractivity contribution in [2.24, 2.45) is 5.92 Å². The summed E-state index contributed by atoms with van der Waals surface area (Å²) in [7, 11) is -0.143. The highest BCUT2D eigenvalue weighted by molar-refractivity contribution is 7.84. The normalized spacial score (nSPS) is 19.1. The highest BCUT2D eigenvalue weighted by Crippen LogP contribution is 2.20. The lowest BCUT2D eigenvalue weighted by Crippen LogP contribution is -2.57. The monoisotopic (exact) mass is 475 g/mol. The number of methoxy groups -OCH3 is 1. The molecule has 1 rings (SSSR count). The second-order valence-corrected chi connectivity index (χ2v) is 10.8. The van der Waals surface area contributed by atoms with Gasteiger partial charge in [0.2, 0.25) is 11.8 Å². The molecule has 11 heteroatoms. The van der Waals surface area contributed by atoms with Gasteiger partial charge in [0, 0.05) is 23.6 Å². The van der Waals surface area contributed by atoms with E-state index >= 15 is 0 Å². The second kappa shape index (κ2) is 12.2. The van der Waals surface area contributed by atoms with E-state index in [1.165, 1.54) is 18.3 Å². The van der Waals surface area contributed by atoms with Crippen molar-refractivity contribution in [3.05, 3.63) is 0 Å². The number of carbonyl (C=O) groups excluding carboxylic acids is 4. The zero-order valence-corrected chi connectivity index (χ0v) is 20.9. The van der Waals surface area contributed by atoms with Crippen molar-refractivity contribution in [3.8, 4) is 0 Å². The Morgan fingerprint density at radius 1 is 1.12 bits per heavy atom. The van der Waals surface area contributed by atoms with Crippen LogP contribution in [0.5, 0.6) is 0 Å². The van der Waals surface area contributed by atoms with E-state index in [1.807, 2.05) is 13.8 Å². The van der Waals surface area contributed by atoms with Gasteiger partial charge < -0.3 is 25.0 Å². The van der Waals surface area contributed by atoms with Crippen molar-refractivity contribution >= 4 is 34.7 Å². The number of nitrogens with zero attached hydrogens (tertiary/aromatic N) is 1. The summed E-state index contributed by atoms with van der Waals surface area (Å²) in [5.41, 5.74) is -0.737. The molecule has 0 aliphatic carbocycles. The number of rotatable bonds is 9. The predicted molar refractivity (Wildman–Crippen MR) is 120 cm³/mol. The van der Waals surface area contributed by atoms with E-state index in [9.17, 15) is 23.4 Å². The van der Waals surface area contributed by atoms with Crippen LogP contribution < -0.4 is 10.6 Å². The molecule has 1 unspecified atom stereocenters. The molecule has 1 saturated heterocycles. The zero-order valence-electron chi connectivity index (χ0n) is 20.1. The van der Waals surface area contributed by atoms with Crippen LogP contribution >= 0.6 is 0 Å². The first-order valence-corrected chi connectivity index (χ1v) is 12.5. The quantitative estimate of drug-likeness (QED) is 0.475. The maximum Gasteiger partial charge on any atom is 0.408 e. The predicted octanol–water partition coefficient (Wildman–Crippen LogP) is 0.953. The van der Waals surface area contributed by atoms with Crippen molar-refractivity contribution in [1.29, 1.82) is 0 Å². The van der Waals surface area contributed by atoms with Gasteiger partial charge in [-0.3, -0.25) is 13.8 Å². The first kappa shape index (κ1) is 27.9. The number of esters is 1. The molecule has 32 heavy (non-hydrogen) atoms. The molecule has 3 amide bonds. The lowest BCUT2D eigenvalue weighted by Gasteiger charge is -2.29. The van der Waals surface area contributed by atoms with Gasteiger partial charge in [-0.1, -0.05) is 13.8 Å².